The molecule has 3 atom stereocenters. The van der Waals surface area contributed by atoms with Gasteiger partial charge in [0, 0.05) is 26.1 Å². The molecule has 2 amide bonds. The first-order chi connectivity index (χ1) is 7.08. The molecule has 2 aliphatic rings. The van der Waals surface area contributed by atoms with E-state index in [0.717, 1.165) is 0 Å². The SMILES string of the molecule is O=C1CC(C(=O)N2CC(O)C(O)C2)CN1. The van der Waals surface area contributed by atoms with Gasteiger partial charge in [-0.3, -0.25) is 9.59 Å². The maximum atomic E-state index is 11.8. The van der Waals surface area contributed by atoms with Gasteiger partial charge in [-0.2, -0.15) is 0 Å². The van der Waals surface area contributed by atoms with Crippen molar-refractivity contribution in [2.45, 2.75) is 18.6 Å². The van der Waals surface area contributed by atoms with Crippen LogP contribution in [0.5, 0.6) is 0 Å². The van der Waals surface area contributed by atoms with Gasteiger partial charge in [0.1, 0.15) is 0 Å². The minimum atomic E-state index is -0.862. The molecule has 2 saturated heterocycles. The van der Waals surface area contributed by atoms with Crippen molar-refractivity contribution in [2.75, 3.05) is 19.6 Å². The minimum Gasteiger partial charge on any atom is -0.388 e. The van der Waals surface area contributed by atoms with Gasteiger partial charge in [0.05, 0.1) is 18.1 Å². The van der Waals surface area contributed by atoms with E-state index in [4.69, 9.17) is 0 Å². The van der Waals surface area contributed by atoms with Crippen LogP contribution in [0.4, 0.5) is 0 Å². The van der Waals surface area contributed by atoms with Gasteiger partial charge in [0.2, 0.25) is 11.8 Å². The highest BCUT2D eigenvalue weighted by Crippen LogP contribution is 2.17. The second-order valence-corrected chi connectivity index (χ2v) is 4.08. The first-order valence-corrected chi connectivity index (χ1v) is 4.99. The Hall–Kier alpha value is -1.14. The van der Waals surface area contributed by atoms with Gasteiger partial charge in [-0.05, 0) is 0 Å². The molecule has 2 aliphatic heterocycles. The fraction of sp³-hybridized carbons (Fsp3) is 0.778. The summed E-state index contributed by atoms with van der Waals surface area (Å²) in [6, 6.07) is 0. The normalized spacial score (nSPS) is 35.7. The quantitative estimate of drug-likeness (QED) is 0.457. The second kappa shape index (κ2) is 3.79. The first-order valence-electron chi connectivity index (χ1n) is 4.99. The lowest BCUT2D eigenvalue weighted by atomic mass is 10.1. The Labute approximate surface area is 86.9 Å². The molecule has 0 radical (unpaired) electrons. The monoisotopic (exact) mass is 214 g/mol. The average molecular weight is 214 g/mol. The predicted molar refractivity (Wildman–Crippen MR) is 49.7 cm³/mol. The predicted octanol–water partition coefficient (Wildman–Crippen LogP) is -2.31. The number of hydrogen-bond acceptors (Lipinski definition) is 4. The van der Waals surface area contributed by atoms with Crippen molar-refractivity contribution in [3.05, 3.63) is 0 Å². The van der Waals surface area contributed by atoms with Crippen LogP contribution in [0.15, 0.2) is 0 Å². The van der Waals surface area contributed by atoms with E-state index in [-0.39, 0.29) is 37.2 Å². The van der Waals surface area contributed by atoms with Crippen LogP contribution < -0.4 is 5.32 Å². The van der Waals surface area contributed by atoms with E-state index < -0.39 is 12.2 Å². The molecular formula is C9H14N2O4. The lowest BCUT2D eigenvalue weighted by Gasteiger charge is -2.18. The molecule has 2 rings (SSSR count). The van der Waals surface area contributed by atoms with Gasteiger partial charge >= 0.3 is 0 Å². The van der Waals surface area contributed by atoms with Crippen molar-refractivity contribution in [2.24, 2.45) is 5.92 Å². The molecule has 0 spiro atoms. The van der Waals surface area contributed by atoms with Crippen LogP contribution in [0.3, 0.4) is 0 Å². The maximum absolute atomic E-state index is 11.8. The van der Waals surface area contributed by atoms with Crippen molar-refractivity contribution >= 4 is 11.8 Å². The third-order valence-corrected chi connectivity index (χ3v) is 2.90. The van der Waals surface area contributed by atoms with Crippen LogP contribution in [0.1, 0.15) is 6.42 Å². The zero-order chi connectivity index (χ0) is 11.0. The maximum Gasteiger partial charge on any atom is 0.228 e. The number of likely N-dealkylation sites (tertiary alicyclic amines) is 1. The van der Waals surface area contributed by atoms with E-state index in [1.807, 2.05) is 0 Å². The smallest absolute Gasteiger partial charge is 0.228 e. The number of nitrogens with zero attached hydrogens (tertiary/aromatic N) is 1. The van der Waals surface area contributed by atoms with Gasteiger partial charge < -0.3 is 20.4 Å². The summed E-state index contributed by atoms with van der Waals surface area (Å²) in [6.07, 6.45) is -1.51. The van der Waals surface area contributed by atoms with Crippen LogP contribution >= 0.6 is 0 Å². The Balaban J connectivity index is 1.94. The number of nitrogens with one attached hydrogen (secondary N) is 1. The number of amides is 2. The average Bonchev–Trinajstić information content (AvgIpc) is 2.74. The van der Waals surface area contributed by atoms with Crippen LogP contribution in [0, 0.1) is 5.92 Å². The number of carbonyl (C=O) groups is 2. The third-order valence-electron chi connectivity index (χ3n) is 2.90. The second-order valence-electron chi connectivity index (χ2n) is 4.08. The number of carbonyl (C=O) groups excluding carboxylic acids is 2. The number of hydrogen-bond donors (Lipinski definition) is 3. The van der Waals surface area contributed by atoms with Gasteiger partial charge in [-0.15, -0.1) is 0 Å². The highest BCUT2D eigenvalue weighted by Gasteiger charge is 2.37. The molecule has 15 heavy (non-hydrogen) atoms. The van der Waals surface area contributed by atoms with Gasteiger partial charge in [0.15, 0.2) is 0 Å². The molecule has 0 aromatic heterocycles. The Kier molecular flexibility index (Phi) is 2.62. The van der Waals surface area contributed by atoms with E-state index in [9.17, 15) is 19.8 Å². The number of rotatable bonds is 1. The van der Waals surface area contributed by atoms with Crippen molar-refractivity contribution in [1.82, 2.24) is 10.2 Å². The summed E-state index contributed by atoms with van der Waals surface area (Å²) in [5.74, 6) is -0.618. The van der Waals surface area contributed by atoms with Gasteiger partial charge in [0.25, 0.3) is 0 Å². The largest absolute Gasteiger partial charge is 0.388 e. The lowest BCUT2D eigenvalue weighted by Crippen LogP contribution is -2.36. The summed E-state index contributed by atoms with van der Waals surface area (Å²) in [7, 11) is 0. The van der Waals surface area contributed by atoms with Crippen LogP contribution in [0.2, 0.25) is 0 Å². The van der Waals surface area contributed by atoms with Crippen LogP contribution in [0.25, 0.3) is 0 Å². The summed E-state index contributed by atoms with van der Waals surface area (Å²) in [5.41, 5.74) is 0. The zero-order valence-corrected chi connectivity index (χ0v) is 8.22. The first kappa shape index (κ1) is 10.4. The van der Waals surface area contributed by atoms with E-state index >= 15 is 0 Å². The van der Waals surface area contributed by atoms with E-state index in [1.54, 1.807) is 0 Å². The molecular weight excluding hydrogens is 200 g/mol. The fourth-order valence-corrected chi connectivity index (χ4v) is 1.99. The van der Waals surface area contributed by atoms with Crippen molar-refractivity contribution < 1.29 is 19.8 Å². The number of aliphatic hydroxyl groups excluding tert-OH is 2. The Bertz CT molecular complexity index is 284. The lowest BCUT2D eigenvalue weighted by molar-refractivity contribution is -0.135. The molecule has 6 heteroatoms. The highest BCUT2D eigenvalue weighted by atomic mass is 16.3. The minimum absolute atomic E-state index is 0.117. The number of aliphatic hydroxyl groups is 2. The van der Waals surface area contributed by atoms with Crippen molar-refractivity contribution in [1.29, 1.82) is 0 Å². The summed E-state index contributed by atoms with van der Waals surface area (Å²) in [6.45, 7) is 0.676. The molecule has 0 saturated carbocycles. The molecule has 0 aromatic rings. The number of β-amino-alcohol motifs (C(OH)–C–C–N with tert-alkyl or cyclic N) is 2. The summed E-state index contributed by atoms with van der Waals surface area (Å²) < 4.78 is 0. The van der Waals surface area contributed by atoms with Crippen LogP contribution in [-0.4, -0.2) is 58.8 Å². The third kappa shape index (κ3) is 1.95. The van der Waals surface area contributed by atoms with Gasteiger partial charge in [-0.25, -0.2) is 0 Å². The molecule has 3 N–H and O–H groups in total. The molecule has 3 unspecified atom stereocenters. The van der Waals surface area contributed by atoms with E-state index in [2.05, 4.69) is 5.32 Å². The Morgan fingerprint density at radius 2 is 1.93 bits per heavy atom. The molecule has 6 nitrogen and oxygen atoms in total. The topological polar surface area (TPSA) is 89.9 Å². The zero-order valence-electron chi connectivity index (χ0n) is 8.22. The Morgan fingerprint density at radius 3 is 2.40 bits per heavy atom. The molecule has 0 bridgehead atoms. The molecule has 2 heterocycles. The summed E-state index contributed by atoms with van der Waals surface area (Å²) in [5, 5.41) is 21.2. The van der Waals surface area contributed by atoms with Crippen LogP contribution in [-0.2, 0) is 9.59 Å². The van der Waals surface area contributed by atoms with E-state index in [0.29, 0.717) is 6.54 Å². The standard InChI is InChI=1S/C9H14N2O4/c12-6-3-11(4-7(6)13)9(15)5-1-8(14)10-2-5/h5-7,12-13H,1-4H2,(H,10,14). The van der Waals surface area contributed by atoms with Gasteiger partial charge in [-0.1, -0.05) is 0 Å². The molecule has 0 aliphatic carbocycles. The Morgan fingerprint density at radius 1 is 1.33 bits per heavy atom. The summed E-state index contributed by atoms with van der Waals surface area (Å²) in [4.78, 5) is 24.1. The molecule has 0 aromatic carbocycles. The van der Waals surface area contributed by atoms with E-state index in [1.165, 1.54) is 4.90 Å². The molecule has 84 valence electrons. The van der Waals surface area contributed by atoms with Crippen molar-refractivity contribution in [3.8, 4) is 0 Å². The fourth-order valence-electron chi connectivity index (χ4n) is 1.99. The highest BCUT2D eigenvalue weighted by molar-refractivity contribution is 5.89. The molecule has 2 fully saturated rings. The van der Waals surface area contributed by atoms with Crippen molar-refractivity contribution in [3.63, 3.8) is 0 Å². The summed E-state index contributed by atoms with van der Waals surface area (Å²) >= 11 is 0.